The lowest BCUT2D eigenvalue weighted by molar-refractivity contribution is 0.0729. The summed E-state index contributed by atoms with van der Waals surface area (Å²) in [6.07, 6.45) is 0.452. The maximum Gasteiger partial charge on any atom is 0.191 e. The normalized spacial score (nSPS) is 12.6. The Hall–Kier alpha value is -1.67. The van der Waals surface area contributed by atoms with Crippen molar-refractivity contribution in [1.82, 2.24) is 0 Å². The first-order valence-electron chi connectivity index (χ1n) is 5.93. The Labute approximate surface area is 101 Å². The van der Waals surface area contributed by atoms with E-state index in [0.717, 1.165) is 17.2 Å². The van der Waals surface area contributed by atoms with Crippen molar-refractivity contribution < 1.29 is 9.90 Å². The van der Waals surface area contributed by atoms with Crippen LogP contribution >= 0.6 is 0 Å². The van der Waals surface area contributed by atoms with Crippen LogP contribution in [-0.4, -0.2) is 17.0 Å². The first-order chi connectivity index (χ1) is 8.22. The van der Waals surface area contributed by atoms with Gasteiger partial charge in [-0.1, -0.05) is 49.7 Å². The van der Waals surface area contributed by atoms with Crippen molar-refractivity contribution in [1.29, 1.82) is 0 Å². The standard InChI is InChI=1S/C15H16O2/c1-2-5-14(16)15(17)13-9-8-11-6-3-4-7-12(11)10-13/h3-4,6-10,14,16H,2,5H2,1H3. The molecule has 0 fully saturated rings. The van der Waals surface area contributed by atoms with E-state index in [1.165, 1.54) is 0 Å². The molecule has 0 aliphatic heterocycles. The van der Waals surface area contributed by atoms with E-state index >= 15 is 0 Å². The fourth-order valence-corrected chi connectivity index (χ4v) is 1.94. The summed E-state index contributed by atoms with van der Waals surface area (Å²) in [5.41, 5.74) is 0.588. The minimum absolute atomic E-state index is 0.183. The highest BCUT2D eigenvalue weighted by Gasteiger charge is 2.16. The summed E-state index contributed by atoms with van der Waals surface area (Å²) in [4.78, 5) is 11.9. The molecule has 2 heteroatoms. The van der Waals surface area contributed by atoms with Crippen LogP contribution in [0.25, 0.3) is 10.8 Å². The summed E-state index contributed by atoms with van der Waals surface area (Å²) in [7, 11) is 0. The Balaban J connectivity index is 2.33. The predicted molar refractivity (Wildman–Crippen MR) is 69.2 cm³/mol. The molecule has 0 saturated carbocycles. The molecule has 0 amide bonds. The van der Waals surface area contributed by atoms with Gasteiger partial charge in [0.15, 0.2) is 5.78 Å². The first kappa shape index (κ1) is 11.8. The van der Waals surface area contributed by atoms with Crippen molar-refractivity contribution in [3.05, 3.63) is 48.0 Å². The molecule has 0 bridgehead atoms. The van der Waals surface area contributed by atoms with Crippen LogP contribution in [0.5, 0.6) is 0 Å². The summed E-state index contributed by atoms with van der Waals surface area (Å²) < 4.78 is 0. The highest BCUT2D eigenvalue weighted by Crippen LogP contribution is 2.17. The molecule has 2 aromatic carbocycles. The molecule has 0 aliphatic rings. The number of carbonyl (C=O) groups excluding carboxylic acids is 1. The van der Waals surface area contributed by atoms with E-state index in [4.69, 9.17) is 0 Å². The number of hydrogen-bond acceptors (Lipinski definition) is 2. The molecule has 1 atom stereocenters. The summed E-state index contributed by atoms with van der Waals surface area (Å²) >= 11 is 0. The number of Topliss-reactive ketones (excluding diaryl/α,β-unsaturated/α-hetero) is 1. The van der Waals surface area contributed by atoms with Gasteiger partial charge in [-0.2, -0.15) is 0 Å². The minimum Gasteiger partial charge on any atom is -0.385 e. The van der Waals surface area contributed by atoms with E-state index in [1.807, 2.05) is 43.3 Å². The Kier molecular flexibility index (Phi) is 3.55. The zero-order chi connectivity index (χ0) is 12.3. The quantitative estimate of drug-likeness (QED) is 0.816. The largest absolute Gasteiger partial charge is 0.385 e. The van der Waals surface area contributed by atoms with Gasteiger partial charge in [0.1, 0.15) is 6.10 Å². The van der Waals surface area contributed by atoms with Crippen LogP contribution in [0.1, 0.15) is 30.1 Å². The smallest absolute Gasteiger partial charge is 0.191 e. The van der Waals surface area contributed by atoms with Crippen molar-refractivity contribution in [2.24, 2.45) is 0 Å². The average Bonchev–Trinajstić information content (AvgIpc) is 2.37. The van der Waals surface area contributed by atoms with Crippen LogP contribution in [0.3, 0.4) is 0 Å². The Bertz CT molecular complexity index is 531. The van der Waals surface area contributed by atoms with Crippen molar-refractivity contribution in [2.75, 3.05) is 0 Å². The van der Waals surface area contributed by atoms with Crippen molar-refractivity contribution in [3.63, 3.8) is 0 Å². The third kappa shape index (κ3) is 2.53. The number of carbonyl (C=O) groups is 1. The highest BCUT2D eigenvalue weighted by atomic mass is 16.3. The third-order valence-corrected chi connectivity index (χ3v) is 2.90. The lowest BCUT2D eigenvalue weighted by Gasteiger charge is -2.08. The molecule has 1 unspecified atom stereocenters. The second kappa shape index (κ2) is 5.11. The van der Waals surface area contributed by atoms with Gasteiger partial charge in [0, 0.05) is 5.56 Å². The van der Waals surface area contributed by atoms with Crippen LogP contribution < -0.4 is 0 Å². The highest BCUT2D eigenvalue weighted by molar-refractivity contribution is 6.02. The van der Waals surface area contributed by atoms with E-state index in [0.29, 0.717) is 12.0 Å². The van der Waals surface area contributed by atoms with Crippen LogP contribution in [0.15, 0.2) is 42.5 Å². The molecule has 2 rings (SSSR count). The molecular formula is C15H16O2. The van der Waals surface area contributed by atoms with Gasteiger partial charge in [-0.3, -0.25) is 4.79 Å². The van der Waals surface area contributed by atoms with Crippen LogP contribution in [-0.2, 0) is 0 Å². The Morgan fingerprint density at radius 2 is 1.88 bits per heavy atom. The number of rotatable bonds is 4. The van der Waals surface area contributed by atoms with Crippen LogP contribution in [0.2, 0.25) is 0 Å². The average molecular weight is 228 g/mol. The maximum atomic E-state index is 11.9. The number of hydrogen-bond donors (Lipinski definition) is 1. The van der Waals surface area contributed by atoms with Gasteiger partial charge in [0.05, 0.1) is 0 Å². The molecule has 17 heavy (non-hydrogen) atoms. The molecule has 88 valence electrons. The lowest BCUT2D eigenvalue weighted by atomic mass is 10.00. The summed E-state index contributed by atoms with van der Waals surface area (Å²) in [6.45, 7) is 1.96. The van der Waals surface area contributed by atoms with E-state index in [1.54, 1.807) is 6.07 Å². The molecule has 0 radical (unpaired) electrons. The first-order valence-corrected chi connectivity index (χ1v) is 5.93. The second-order valence-corrected chi connectivity index (χ2v) is 4.23. The molecule has 1 N–H and O–H groups in total. The summed E-state index contributed by atoms with van der Waals surface area (Å²) in [5, 5.41) is 11.8. The van der Waals surface area contributed by atoms with Gasteiger partial charge in [-0.25, -0.2) is 0 Å². The maximum absolute atomic E-state index is 11.9. The molecule has 0 heterocycles. The SMILES string of the molecule is CCCC(O)C(=O)c1ccc2ccccc2c1. The van der Waals surface area contributed by atoms with Crippen molar-refractivity contribution >= 4 is 16.6 Å². The Morgan fingerprint density at radius 1 is 1.18 bits per heavy atom. The van der Waals surface area contributed by atoms with Gasteiger partial charge >= 0.3 is 0 Å². The molecule has 2 nitrogen and oxygen atoms in total. The number of ketones is 1. The van der Waals surface area contributed by atoms with Crippen molar-refractivity contribution in [2.45, 2.75) is 25.9 Å². The molecule has 0 spiro atoms. The number of benzene rings is 2. The van der Waals surface area contributed by atoms with Crippen LogP contribution in [0, 0.1) is 0 Å². The zero-order valence-electron chi connectivity index (χ0n) is 9.89. The van der Waals surface area contributed by atoms with Crippen molar-refractivity contribution in [3.8, 4) is 0 Å². The minimum atomic E-state index is -0.874. The van der Waals surface area contributed by atoms with E-state index in [-0.39, 0.29) is 5.78 Å². The molecule has 0 aromatic heterocycles. The van der Waals surface area contributed by atoms with Gasteiger partial charge in [0.2, 0.25) is 0 Å². The zero-order valence-corrected chi connectivity index (χ0v) is 9.89. The van der Waals surface area contributed by atoms with Gasteiger partial charge in [0.25, 0.3) is 0 Å². The second-order valence-electron chi connectivity index (χ2n) is 4.23. The number of aliphatic hydroxyl groups excluding tert-OH is 1. The Morgan fingerprint density at radius 3 is 2.59 bits per heavy atom. The molecular weight excluding hydrogens is 212 g/mol. The van der Waals surface area contributed by atoms with Gasteiger partial charge in [-0.05, 0) is 23.3 Å². The van der Waals surface area contributed by atoms with E-state index < -0.39 is 6.10 Å². The lowest BCUT2D eigenvalue weighted by Crippen LogP contribution is -2.19. The number of fused-ring (bicyclic) bond motifs is 1. The van der Waals surface area contributed by atoms with E-state index in [9.17, 15) is 9.90 Å². The number of aliphatic hydroxyl groups is 1. The van der Waals surface area contributed by atoms with Gasteiger partial charge < -0.3 is 5.11 Å². The topological polar surface area (TPSA) is 37.3 Å². The molecule has 0 saturated heterocycles. The van der Waals surface area contributed by atoms with Gasteiger partial charge in [-0.15, -0.1) is 0 Å². The summed E-state index contributed by atoms with van der Waals surface area (Å²) in [6, 6.07) is 13.4. The monoisotopic (exact) mass is 228 g/mol. The molecule has 0 aliphatic carbocycles. The fourth-order valence-electron chi connectivity index (χ4n) is 1.94. The van der Waals surface area contributed by atoms with Crippen LogP contribution in [0.4, 0.5) is 0 Å². The fraction of sp³-hybridized carbons (Fsp3) is 0.267. The molecule has 2 aromatic rings. The van der Waals surface area contributed by atoms with E-state index in [2.05, 4.69) is 0 Å². The third-order valence-electron chi connectivity index (χ3n) is 2.90. The summed E-state index contributed by atoms with van der Waals surface area (Å²) in [5.74, 6) is -0.183. The predicted octanol–water partition coefficient (Wildman–Crippen LogP) is 3.18.